The molecule has 1 saturated carbocycles. The average molecular weight is 440 g/mol. The first-order valence-corrected chi connectivity index (χ1v) is 12.0. The molecule has 5 heteroatoms. The lowest BCUT2D eigenvalue weighted by Gasteiger charge is -2.37. The topological polar surface area (TPSA) is 40.2 Å². The van der Waals surface area contributed by atoms with Crippen LogP contribution in [0.5, 0.6) is 11.5 Å². The minimum absolute atomic E-state index is 0.316. The van der Waals surface area contributed by atoms with E-state index in [1.807, 2.05) is 6.07 Å². The van der Waals surface area contributed by atoms with Crippen LogP contribution in [0.3, 0.4) is 0 Å². The summed E-state index contributed by atoms with van der Waals surface area (Å²) in [5, 5.41) is 0. The van der Waals surface area contributed by atoms with Gasteiger partial charge in [-0.1, -0.05) is 49.2 Å². The second kappa shape index (κ2) is 11.7. The molecule has 0 amide bonds. The molecule has 1 saturated heterocycles. The van der Waals surface area contributed by atoms with Crippen LogP contribution in [0.1, 0.15) is 43.2 Å². The average Bonchev–Trinajstić information content (AvgIpc) is 3.32. The number of benzene rings is 2. The Balaban J connectivity index is 1.26. The first kappa shape index (κ1) is 23.1. The molecular formula is C27H37NO4. The van der Waals surface area contributed by atoms with Gasteiger partial charge < -0.3 is 18.9 Å². The summed E-state index contributed by atoms with van der Waals surface area (Å²) < 4.78 is 23.4. The van der Waals surface area contributed by atoms with E-state index in [1.54, 1.807) is 14.2 Å². The van der Waals surface area contributed by atoms with E-state index in [9.17, 15) is 0 Å². The van der Waals surface area contributed by atoms with Gasteiger partial charge in [0.05, 0.1) is 39.6 Å². The van der Waals surface area contributed by atoms with Crippen LogP contribution in [0, 0.1) is 0 Å². The van der Waals surface area contributed by atoms with Crippen LogP contribution < -0.4 is 9.47 Å². The molecule has 2 fully saturated rings. The highest BCUT2D eigenvalue weighted by Crippen LogP contribution is 2.30. The van der Waals surface area contributed by atoms with E-state index in [0.717, 1.165) is 50.5 Å². The molecule has 1 heterocycles. The van der Waals surface area contributed by atoms with E-state index < -0.39 is 0 Å². The minimum Gasteiger partial charge on any atom is -0.493 e. The molecule has 1 aliphatic heterocycles. The standard InChI is InChI=1S/C27H37NO4/c1-29-26-13-12-21(18-27(26)30-2)15-17-31-25-11-7-6-10-24(25)28-16-14-23(19-28)32-20-22-8-4-3-5-9-22/h3-5,8-9,12-13,18,23-25H,6-7,10-11,14-17,19-20H2,1-2H3/t23-,24+,25+/m1/s1. The molecule has 5 nitrogen and oxygen atoms in total. The number of likely N-dealkylation sites (tertiary alicyclic amines) is 1. The number of methoxy groups -OCH3 is 2. The van der Waals surface area contributed by atoms with Crippen molar-refractivity contribution in [2.75, 3.05) is 33.9 Å². The molecule has 0 spiro atoms. The zero-order chi connectivity index (χ0) is 22.2. The zero-order valence-corrected chi connectivity index (χ0v) is 19.5. The Kier molecular flexibility index (Phi) is 8.43. The lowest BCUT2D eigenvalue weighted by Crippen LogP contribution is -2.46. The molecule has 0 radical (unpaired) electrons. The molecule has 0 bridgehead atoms. The first-order valence-electron chi connectivity index (χ1n) is 12.0. The van der Waals surface area contributed by atoms with Crippen LogP contribution in [-0.2, 0) is 22.5 Å². The van der Waals surface area contributed by atoms with E-state index in [1.165, 1.54) is 30.4 Å². The first-order chi connectivity index (χ1) is 15.8. The molecule has 2 aromatic rings. The van der Waals surface area contributed by atoms with E-state index in [-0.39, 0.29) is 0 Å². The molecule has 174 valence electrons. The quantitative estimate of drug-likeness (QED) is 0.528. The van der Waals surface area contributed by atoms with Gasteiger partial charge in [-0.05, 0) is 48.9 Å². The molecule has 4 rings (SSSR count). The van der Waals surface area contributed by atoms with Crippen molar-refractivity contribution in [1.29, 1.82) is 0 Å². The van der Waals surface area contributed by atoms with Crippen molar-refractivity contribution in [1.82, 2.24) is 4.90 Å². The highest BCUT2D eigenvalue weighted by atomic mass is 16.5. The summed E-state index contributed by atoms with van der Waals surface area (Å²) in [5.74, 6) is 1.54. The largest absolute Gasteiger partial charge is 0.493 e. The monoisotopic (exact) mass is 439 g/mol. The molecule has 0 N–H and O–H groups in total. The van der Waals surface area contributed by atoms with Crippen molar-refractivity contribution >= 4 is 0 Å². The maximum atomic E-state index is 6.45. The van der Waals surface area contributed by atoms with Crippen molar-refractivity contribution in [3.05, 3.63) is 59.7 Å². The Morgan fingerprint density at radius 2 is 1.66 bits per heavy atom. The molecule has 0 aromatic heterocycles. The predicted octanol–water partition coefficient (Wildman–Crippen LogP) is 4.87. The van der Waals surface area contributed by atoms with Crippen LogP contribution in [-0.4, -0.2) is 57.1 Å². The Bertz CT molecular complexity index is 828. The Morgan fingerprint density at radius 3 is 2.47 bits per heavy atom. The number of nitrogens with zero attached hydrogens (tertiary/aromatic N) is 1. The highest BCUT2D eigenvalue weighted by molar-refractivity contribution is 5.42. The normalized spacial score (nSPS) is 23.9. The second-order valence-corrected chi connectivity index (χ2v) is 8.90. The third-order valence-electron chi connectivity index (χ3n) is 6.81. The Morgan fingerprint density at radius 1 is 0.844 bits per heavy atom. The number of hydrogen-bond acceptors (Lipinski definition) is 5. The molecule has 32 heavy (non-hydrogen) atoms. The van der Waals surface area contributed by atoms with Crippen molar-refractivity contribution in [3.8, 4) is 11.5 Å². The molecule has 2 aromatic carbocycles. The number of rotatable bonds is 10. The summed E-state index contributed by atoms with van der Waals surface area (Å²) in [6.07, 6.45) is 7.58. The maximum absolute atomic E-state index is 6.45. The third kappa shape index (κ3) is 6.03. The van der Waals surface area contributed by atoms with E-state index in [4.69, 9.17) is 18.9 Å². The fraction of sp³-hybridized carbons (Fsp3) is 0.556. The van der Waals surface area contributed by atoms with Gasteiger partial charge in [-0.25, -0.2) is 0 Å². The van der Waals surface area contributed by atoms with Gasteiger partial charge in [0, 0.05) is 19.1 Å². The van der Waals surface area contributed by atoms with Gasteiger partial charge in [0.25, 0.3) is 0 Å². The Hall–Kier alpha value is -2.08. The SMILES string of the molecule is COc1ccc(CCO[C@H]2CCCC[C@@H]2N2CC[C@@H](OCc3ccccc3)C2)cc1OC. The third-order valence-corrected chi connectivity index (χ3v) is 6.81. The highest BCUT2D eigenvalue weighted by Gasteiger charge is 2.35. The second-order valence-electron chi connectivity index (χ2n) is 8.90. The van der Waals surface area contributed by atoms with E-state index >= 15 is 0 Å². The summed E-state index contributed by atoms with van der Waals surface area (Å²) in [6.45, 7) is 3.57. The summed E-state index contributed by atoms with van der Waals surface area (Å²) in [4.78, 5) is 2.62. The molecule has 2 aliphatic rings. The van der Waals surface area contributed by atoms with Gasteiger partial charge in [0.15, 0.2) is 11.5 Å². The zero-order valence-electron chi connectivity index (χ0n) is 19.5. The molecule has 3 atom stereocenters. The van der Waals surface area contributed by atoms with Gasteiger partial charge in [-0.3, -0.25) is 4.90 Å². The minimum atomic E-state index is 0.316. The van der Waals surface area contributed by atoms with Crippen molar-refractivity contribution in [2.24, 2.45) is 0 Å². The maximum Gasteiger partial charge on any atom is 0.160 e. The van der Waals surface area contributed by atoms with Crippen LogP contribution in [0.4, 0.5) is 0 Å². The lowest BCUT2D eigenvalue weighted by atomic mass is 9.91. The van der Waals surface area contributed by atoms with Gasteiger partial charge >= 0.3 is 0 Å². The molecule has 1 aliphatic carbocycles. The van der Waals surface area contributed by atoms with Crippen LogP contribution in [0.25, 0.3) is 0 Å². The van der Waals surface area contributed by atoms with Gasteiger partial charge in [0.1, 0.15) is 0 Å². The summed E-state index contributed by atoms with van der Waals surface area (Å²) in [7, 11) is 3.34. The summed E-state index contributed by atoms with van der Waals surface area (Å²) >= 11 is 0. The van der Waals surface area contributed by atoms with Crippen molar-refractivity contribution in [3.63, 3.8) is 0 Å². The molecule has 0 unspecified atom stereocenters. The Labute approximate surface area is 192 Å². The lowest BCUT2D eigenvalue weighted by molar-refractivity contribution is -0.0352. The van der Waals surface area contributed by atoms with Crippen LogP contribution in [0.15, 0.2) is 48.5 Å². The van der Waals surface area contributed by atoms with E-state index in [0.29, 0.717) is 24.9 Å². The summed E-state index contributed by atoms with van der Waals surface area (Å²) in [6, 6.07) is 17.1. The van der Waals surface area contributed by atoms with Crippen LogP contribution in [0.2, 0.25) is 0 Å². The van der Waals surface area contributed by atoms with Gasteiger partial charge in [-0.15, -0.1) is 0 Å². The van der Waals surface area contributed by atoms with Crippen molar-refractivity contribution < 1.29 is 18.9 Å². The summed E-state index contributed by atoms with van der Waals surface area (Å²) in [5.41, 5.74) is 2.46. The predicted molar refractivity (Wildman–Crippen MR) is 126 cm³/mol. The fourth-order valence-electron chi connectivity index (χ4n) is 5.03. The van der Waals surface area contributed by atoms with E-state index in [2.05, 4.69) is 47.4 Å². The fourth-order valence-corrected chi connectivity index (χ4v) is 5.03. The number of ether oxygens (including phenoxy) is 4. The smallest absolute Gasteiger partial charge is 0.160 e. The number of hydrogen-bond donors (Lipinski definition) is 0. The van der Waals surface area contributed by atoms with Gasteiger partial charge in [-0.2, -0.15) is 0 Å². The molecular weight excluding hydrogens is 402 g/mol. The van der Waals surface area contributed by atoms with Crippen molar-refractivity contribution in [2.45, 2.75) is 63.4 Å². The van der Waals surface area contributed by atoms with Crippen LogP contribution >= 0.6 is 0 Å². The van der Waals surface area contributed by atoms with Gasteiger partial charge in [0.2, 0.25) is 0 Å².